The van der Waals surface area contributed by atoms with Crippen molar-refractivity contribution >= 4 is 6.08 Å². The molecule has 0 amide bonds. The first-order valence-corrected chi connectivity index (χ1v) is 4.23. The van der Waals surface area contributed by atoms with Crippen molar-refractivity contribution in [3.8, 4) is 0 Å². The molecule has 0 aliphatic carbocycles. The largest absolute Gasteiger partial charge is 0.392 e. The van der Waals surface area contributed by atoms with Gasteiger partial charge in [-0.25, -0.2) is 0 Å². The third kappa shape index (κ3) is 2.51. The maximum atomic E-state index is 8.79. The number of hydrogen-bond acceptors (Lipinski definition) is 1. The summed E-state index contributed by atoms with van der Waals surface area (Å²) in [5.74, 6) is 0. The van der Waals surface area contributed by atoms with E-state index < -0.39 is 0 Å². The molecule has 1 aromatic carbocycles. The van der Waals surface area contributed by atoms with Gasteiger partial charge in [-0.05, 0) is 17.5 Å². The predicted molar refractivity (Wildman–Crippen MR) is 51.7 cm³/mol. The van der Waals surface area contributed by atoms with Crippen molar-refractivity contribution in [2.45, 2.75) is 20.0 Å². The van der Waals surface area contributed by atoms with Gasteiger partial charge in [-0.15, -0.1) is 0 Å². The molecule has 0 fully saturated rings. The Labute approximate surface area is 73.4 Å². The Kier molecular flexibility index (Phi) is 3.55. The Morgan fingerprint density at radius 3 is 2.42 bits per heavy atom. The Hall–Kier alpha value is -1.08. The summed E-state index contributed by atoms with van der Waals surface area (Å²) in [5.41, 5.74) is 2.15. The molecule has 0 saturated heterocycles. The van der Waals surface area contributed by atoms with Gasteiger partial charge in [-0.1, -0.05) is 43.3 Å². The van der Waals surface area contributed by atoms with Crippen LogP contribution < -0.4 is 0 Å². The average molecular weight is 162 g/mol. The fourth-order valence-electron chi connectivity index (χ4n) is 0.988. The van der Waals surface area contributed by atoms with Crippen molar-refractivity contribution in [3.05, 3.63) is 41.5 Å². The highest BCUT2D eigenvalue weighted by molar-refractivity contribution is 5.49. The Balaban J connectivity index is 2.71. The van der Waals surface area contributed by atoms with Gasteiger partial charge in [0.25, 0.3) is 0 Å². The van der Waals surface area contributed by atoms with E-state index >= 15 is 0 Å². The summed E-state index contributed by atoms with van der Waals surface area (Å²) in [6, 6.07) is 7.90. The second-order valence-corrected chi connectivity index (χ2v) is 2.71. The lowest BCUT2D eigenvalue weighted by molar-refractivity contribution is 0.282. The normalized spacial score (nSPS) is 10.8. The first kappa shape index (κ1) is 9.01. The first-order chi connectivity index (χ1) is 5.86. The van der Waals surface area contributed by atoms with Crippen molar-refractivity contribution in [2.24, 2.45) is 0 Å². The third-order valence-electron chi connectivity index (χ3n) is 1.71. The van der Waals surface area contributed by atoms with Crippen molar-refractivity contribution < 1.29 is 5.11 Å². The van der Waals surface area contributed by atoms with Crippen LogP contribution in [-0.4, -0.2) is 5.11 Å². The highest BCUT2D eigenvalue weighted by atomic mass is 16.3. The molecule has 0 spiro atoms. The highest BCUT2D eigenvalue weighted by Crippen LogP contribution is 2.06. The second-order valence-electron chi connectivity index (χ2n) is 2.71. The zero-order chi connectivity index (χ0) is 8.81. The number of allylic oxidation sites excluding steroid dienone is 1. The molecular weight excluding hydrogens is 148 g/mol. The molecule has 0 aliphatic heterocycles. The maximum absolute atomic E-state index is 8.79. The maximum Gasteiger partial charge on any atom is 0.0681 e. The van der Waals surface area contributed by atoms with Gasteiger partial charge < -0.3 is 5.11 Å². The molecule has 0 unspecified atom stereocenters. The molecule has 0 saturated carbocycles. The molecular formula is C11H14O. The quantitative estimate of drug-likeness (QED) is 0.724. The van der Waals surface area contributed by atoms with Gasteiger partial charge in [0.2, 0.25) is 0 Å². The average Bonchev–Trinajstić information content (AvgIpc) is 2.15. The molecule has 1 N–H and O–H groups in total. The van der Waals surface area contributed by atoms with E-state index in [9.17, 15) is 0 Å². The topological polar surface area (TPSA) is 20.2 Å². The van der Waals surface area contributed by atoms with Gasteiger partial charge in [0, 0.05) is 0 Å². The molecule has 1 nitrogen and oxygen atoms in total. The summed E-state index contributed by atoms with van der Waals surface area (Å²) in [6.45, 7) is 2.23. The highest BCUT2D eigenvalue weighted by Gasteiger charge is 1.88. The minimum Gasteiger partial charge on any atom is -0.392 e. The Morgan fingerprint density at radius 1 is 1.25 bits per heavy atom. The van der Waals surface area contributed by atoms with E-state index in [1.165, 1.54) is 5.56 Å². The van der Waals surface area contributed by atoms with Gasteiger partial charge in [0.05, 0.1) is 6.61 Å². The van der Waals surface area contributed by atoms with Crippen LogP contribution in [-0.2, 0) is 6.61 Å². The standard InChI is InChI=1S/C11H14O/c1-2-3-4-10-5-7-11(9-12)8-6-10/h3-8,12H,2,9H2,1H3. The minimum absolute atomic E-state index is 0.123. The molecule has 0 atom stereocenters. The number of aliphatic hydroxyl groups excluding tert-OH is 1. The van der Waals surface area contributed by atoms with E-state index in [-0.39, 0.29) is 6.61 Å². The van der Waals surface area contributed by atoms with E-state index in [0.29, 0.717) is 0 Å². The number of benzene rings is 1. The van der Waals surface area contributed by atoms with Crippen LogP contribution in [0.2, 0.25) is 0 Å². The molecule has 0 radical (unpaired) electrons. The lowest BCUT2D eigenvalue weighted by Gasteiger charge is -1.96. The Morgan fingerprint density at radius 2 is 1.92 bits per heavy atom. The van der Waals surface area contributed by atoms with E-state index in [1.54, 1.807) is 0 Å². The summed E-state index contributed by atoms with van der Waals surface area (Å²) in [6.07, 6.45) is 5.26. The first-order valence-electron chi connectivity index (χ1n) is 4.23. The van der Waals surface area contributed by atoms with E-state index in [0.717, 1.165) is 12.0 Å². The molecule has 12 heavy (non-hydrogen) atoms. The molecule has 0 aliphatic rings. The fourth-order valence-corrected chi connectivity index (χ4v) is 0.988. The van der Waals surface area contributed by atoms with Gasteiger partial charge in [-0.3, -0.25) is 0 Å². The van der Waals surface area contributed by atoms with Crippen LogP contribution in [0, 0.1) is 0 Å². The number of hydrogen-bond donors (Lipinski definition) is 1. The van der Waals surface area contributed by atoms with Crippen LogP contribution in [0.25, 0.3) is 6.08 Å². The smallest absolute Gasteiger partial charge is 0.0681 e. The summed E-state index contributed by atoms with van der Waals surface area (Å²) in [5, 5.41) is 8.79. The fraction of sp³-hybridized carbons (Fsp3) is 0.273. The summed E-state index contributed by atoms with van der Waals surface area (Å²) >= 11 is 0. The molecule has 0 bridgehead atoms. The van der Waals surface area contributed by atoms with Gasteiger partial charge in [0.15, 0.2) is 0 Å². The van der Waals surface area contributed by atoms with Crippen LogP contribution in [0.5, 0.6) is 0 Å². The van der Waals surface area contributed by atoms with Crippen LogP contribution in [0.15, 0.2) is 30.3 Å². The Bertz CT molecular complexity index is 246. The monoisotopic (exact) mass is 162 g/mol. The summed E-state index contributed by atoms with van der Waals surface area (Å²) < 4.78 is 0. The van der Waals surface area contributed by atoms with Gasteiger partial charge >= 0.3 is 0 Å². The summed E-state index contributed by atoms with van der Waals surface area (Å²) in [4.78, 5) is 0. The third-order valence-corrected chi connectivity index (χ3v) is 1.71. The molecule has 0 aromatic heterocycles. The van der Waals surface area contributed by atoms with Gasteiger partial charge in [0.1, 0.15) is 0 Å². The molecule has 0 heterocycles. The van der Waals surface area contributed by atoms with Crippen molar-refractivity contribution in [3.63, 3.8) is 0 Å². The SMILES string of the molecule is CCC=Cc1ccc(CO)cc1. The van der Waals surface area contributed by atoms with E-state index in [4.69, 9.17) is 5.11 Å². The summed E-state index contributed by atoms with van der Waals surface area (Å²) in [7, 11) is 0. The van der Waals surface area contributed by atoms with Crippen LogP contribution >= 0.6 is 0 Å². The zero-order valence-corrected chi connectivity index (χ0v) is 7.33. The van der Waals surface area contributed by atoms with E-state index in [1.807, 2.05) is 24.3 Å². The number of aliphatic hydroxyl groups is 1. The van der Waals surface area contributed by atoms with Crippen LogP contribution in [0.4, 0.5) is 0 Å². The van der Waals surface area contributed by atoms with Crippen molar-refractivity contribution in [2.75, 3.05) is 0 Å². The van der Waals surface area contributed by atoms with Crippen LogP contribution in [0.1, 0.15) is 24.5 Å². The molecule has 1 aromatic rings. The molecule has 64 valence electrons. The van der Waals surface area contributed by atoms with Crippen molar-refractivity contribution in [1.29, 1.82) is 0 Å². The molecule has 1 rings (SSSR count). The van der Waals surface area contributed by atoms with E-state index in [2.05, 4.69) is 19.1 Å². The minimum atomic E-state index is 0.123. The number of rotatable bonds is 3. The van der Waals surface area contributed by atoms with Gasteiger partial charge in [-0.2, -0.15) is 0 Å². The second kappa shape index (κ2) is 4.73. The molecule has 1 heteroatoms. The van der Waals surface area contributed by atoms with Crippen molar-refractivity contribution in [1.82, 2.24) is 0 Å². The zero-order valence-electron chi connectivity index (χ0n) is 7.33. The lowest BCUT2D eigenvalue weighted by atomic mass is 10.1. The van der Waals surface area contributed by atoms with Crippen LogP contribution in [0.3, 0.4) is 0 Å². The predicted octanol–water partition coefficient (Wildman–Crippen LogP) is 2.60. The lowest BCUT2D eigenvalue weighted by Crippen LogP contribution is -1.81.